The molecular formula is C21H26O3. The molecule has 3 fully saturated rings. The zero-order valence-corrected chi connectivity index (χ0v) is 14.5. The largest absolute Gasteiger partial charge is 0.393 e. The molecule has 0 bridgehead atoms. The smallest absolute Gasteiger partial charge is 0.178 e. The fourth-order valence-electron chi connectivity index (χ4n) is 6.57. The quantitative estimate of drug-likeness (QED) is 0.673. The lowest BCUT2D eigenvalue weighted by molar-refractivity contribution is -0.146. The second-order valence-corrected chi connectivity index (χ2v) is 8.76. The molecule has 0 aromatic rings. The molecule has 4 aliphatic rings. The van der Waals surface area contributed by atoms with E-state index in [9.17, 15) is 15.0 Å². The van der Waals surface area contributed by atoms with Gasteiger partial charge in [0, 0.05) is 16.7 Å². The topological polar surface area (TPSA) is 57.5 Å². The van der Waals surface area contributed by atoms with Gasteiger partial charge in [-0.2, -0.15) is 0 Å². The van der Waals surface area contributed by atoms with E-state index in [0.29, 0.717) is 24.7 Å². The van der Waals surface area contributed by atoms with Crippen molar-refractivity contribution in [3.8, 4) is 12.3 Å². The van der Waals surface area contributed by atoms with Crippen LogP contribution in [0.1, 0.15) is 46.0 Å². The number of allylic oxidation sites excluding steroid dienone is 4. The highest BCUT2D eigenvalue weighted by Gasteiger charge is 2.65. The summed E-state index contributed by atoms with van der Waals surface area (Å²) in [5.41, 5.74) is -0.634. The Bertz CT molecular complexity index is 698. The fraction of sp³-hybridized carbons (Fsp3) is 0.667. The number of ketones is 1. The average molecular weight is 326 g/mol. The summed E-state index contributed by atoms with van der Waals surface area (Å²) < 4.78 is 0. The predicted octanol–water partition coefficient (Wildman–Crippen LogP) is 2.63. The first-order valence-electron chi connectivity index (χ1n) is 9.08. The van der Waals surface area contributed by atoms with Gasteiger partial charge in [0.2, 0.25) is 0 Å². The first kappa shape index (κ1) is 16.1. The van der Waals surface area contributed by atoms with Crippen LogP contribution in [0.3, 0.4) is 0 Å². The third kappa shape index (κ3) is 1.79. The van der Waals surface area contributed by atoms with Gasteiger partial charge in [-0.15, -0.1) is 6.42 Å². The number of fused-ring (bicyclic) bond motifs is 5. The van der Waals surface area contributed by atoms with E-state index < -0.39 is 17.1 Å². The fourth-order valence-corrected chi connectivity index (χ4v) is 6.57. The summed E-state index contributed by atoms with van der Waals surface area (Å²) in [7, 11) is 0. The molecule has 0 heterocycles. The van der Waals surface area contributed by atoms with E-state index >= 15 is 0 Å². The van der Waals surface area contributed by atoms with E-state index in [-0.39, 0.29) is 17.1 Å². The molecule has 3 nitrogen and oxygen atoms in total. The van der Waals surface area contributed by atoms with Crippen molar-refractivity contribution in [1.29, 1.82) is 0 Å². The second kappa shape index (κ2) is 4.84. The Balaban J connectivity index is 1.77. The summed E-state index contributed by atoms with van der Waals surface area (Å²) in [5, 5.41) is 22.1. The number of aliphatic hydroxyl groups is 2. The summed E-state index contributed by atoms with van der Waals surface area (Å²) in [6.07, 6.45) is 14.5. The number of carbonyl (C=O) groups excluding carboxylic acids is 1. The highest BCUT2D eigenvalue weighted by molar-refractivity contribution is 6.01. The number of hydrogen-bond acceptors (Lipinski definition) is 3. The molecule has 128 valence electrons. The Hall–Kier alpha value is -1.37. The van der Waals surface area contributed by atoms with E-state index in [1.165, 1.54) is 0 Å². The van der Waals surface area contributed by atoms with Gasteiger partial charge < -0.3 is 10.2 Å². The van der Waals surface area contributed by atoms with E-state index in [2.05, 4.69) is 19.8 Å². The minimum absolute atomic E-state index is 0.0543. The molecular weight excluding hydrogens is 300 g/mol. The van der Waals surface area contributed by atoms with Gasteiger partial charge in [-0.3, -0.25) is 4.79 Å². The molecule has 4 aliphatic carbocycles. The molecule has 24 heavy (non-hydrogen) atoms. The van der Waals surface area contributed by atoms with Crippen LogP contribution >= 0.6 is 0 Å². The zero-order chi connectivity index (χ0) is 17.3. The molecule has 0 aromatic heterocycles. The van der Waals surface area contributed by atoms with Crippen molar-refractivity contribution in [2.45, 2.75) is 57.7 Å². The second-order valence-electron chi connectivity index (χ2n) is 8.76. The Morgan fingerprint density at radius 3 is 2.79 bits per heavy atom. The van der Waals surface area contributed by atoms with Crippen LogP contribution in [0.2, 0.25) is 0 Å². The number of carbonyl (C=O) groups is 1. The molecule has 0 aliphatic heterocycles. The molecule has 0 aromatic carbocycles. The summed E-state index contributed by atoms with van der Waals surface area (Å²) in [4.78, 5) is 11.8. The van der Waals surface area contributed by atoms with Crippen LogP contribution in [0.25, 0.3) is 0 Å². The Kier molecular flexibility index (Phi) is 3.25. The first-order chi connectivity index (χ1) is 11.2. The van der Waals surface area contributed by atoms with Crippen molar-refractivity contribution < 1.29 is 15.0 Å². The van der Waals surface area contributed by atoms with E-state index in [1.807, 2.05) is 6.08 Å². The highest BCUT2D eigenvalue weighted by atomic mass is 16.3. The number of rotatable bonds is 0. The van der Waals surface area contributed by atoms with Crippen molar-refractivity contribution in [1.82, 2.24) is 0 Å². The predicted molar refractivity (Wildman–Crippen MR) is 91.8 cm³/mol. The Morgan fingerprint density at radius 2 is 2.08 bits per heavy atom. The Morgan fingerprint density at radius 1 is 1.33 bits per heavy atom. The maximum absolute atomic E-state index is 11.8. The summed E-state index contributed by atoms with van der Waals surface area (Å²) in [6, 6.07) is 0. The Labute approximate surface area is 143 Å². The van der Waals surface area contributed by atoms with Crippen molar-refractivity contribution in [2.24, 2.45) is 28.6 Å². The maximum atomic E-state index is 11.8. The third-order valence-electron chi connectivity index (χ3n) is 7.89. The number of terminal acetylenes is 1. The number of aliphatic hydroxyl groups excluding tert-OH is 1. The molecule has 7 atom stereocenters. The maximum Gasteiger partial charge on any atom is 0.178 e. The van der Waals surface area contributed by atoms with Crippen LogP contribution in [0, 0.1) is 40.9 Å². The van der Waals surface area contributed by atoms with E-state index in [0.717, 1.165) is 24.8 Å². The first-order valence-corrected chi connectivity index (χ1v) is 9.08. The van der Waals surface area contributed by atoms with Gasteiger partial charge in [0.25, 0.3) is 0 Å². The lowest BCUT2D eigenvalue weighted by atomic mass is 9.46. The SMILES string of the molecule is C#C[C@@]1(O)CC[C@H]2[C@@H]3CCC4=CC(=O)C=C[C@]4(C)[C@H]3C(O)C[C@@]21C. The van der Waals surface area contributed by atoms with Crippen molar-refractivity contribution >= 4 is 5.78 Å². The lowest BCUT2D eigenvalue weighted by Crippen LogP contribution is -2.59. The monoisotopic (exact) mass is 326 g/mol. The van der Waals surface area contributed by atoms with Gasteiger partial charge in [-0.25, -0.2) is 0 Å². The van der Waals surface area contributed by atoms with Crippen LogP contribution in [-0.2, 0) is 4.79 Å². The summed E-state index contributed by atoms with van der Waals surface area (Å²) in [6.45, 7) is 4.23. The standard InChI is InChI=1S/C21H26O3/c1-4-21(24)10-8-16-15-6-5-13-11-14(22)7-9-19(13,2)18(15)17(23)12-20(16,21)3/h1,7,9,11,15-18,23-24H,5-6,8,10,12H2,2-3H3/t15-,16-,17?,18+,19-,20-,21+/m0/s1. The van der Waals surface area contributed by atoms with Crippen LogP contribution < -0.4 is 0 Å². The molecule has 0 spiro atoms. The molecule has 3 heteroatoms. The molecule has 3 saturated carbocycles. The highest BCUT2D eigenvalue weighted by Crippen LogP contribution is 2.66. The van der Waals surface area contributed by atoms with Crippen LogP contribution in [-0.4, -0.2) is 27.7 Å². The summed E-state index contributed by atoms with van der Waals surface area (Å²) in [5.74, 6) is 3.46. The van der Waals surface area contributed by atoms with E-state index in [4.69, 9.17) is 6.42 Å². The van der Waals surface area contributed by atoms with Gasteiger partial charge >= 0.3 is 0 Å². The van der Waals surface area contributed by atoms with Crippen molar-refractivity contribution in [3.05, 3.63) is 23.8 Å². The van der Waals surface area contributed by atoms with Crippen molar-refractivity contribution in [2.75, 3.05) is 0 Å². The normalized spacial score (nSPS) is 52.8. The third-order valence-corrected chi connectivity index (χ3v) is 7.89. The number of hydrogen-bond donors (Lipinski definition) is 2. The van der Waals surface area contributed by atoms with Gasteiger partial charge in [-0.1, -0.05) is 31.4 Å². The molecule has 0 amide bonds. The van der Waals surface area contributed by atoms with Gasteiger partial charge in [0.05, 0.1) is 6.10 Å². The molecule has 1 unspecified atom stereocenters. The average Bonchev–Trinajstić information content (AvgIpc) is 2.79. The van der Waals surface area contributed by atoms with Gasteiger partial charge in [0.1, 0.15) is 5.60 Å². The zero-order valence-electron chi connectivity index (χ0n) is 14.5. The van der Waals surface area contributed by atoms with Gasteiger partial charge in [-0.05, 0) is 56.1 Å². The minimum atomic E-state index is -1.11. The lowest BCUT2D eigenvalue weighted by Gasteiger charge is -2.59. The molecule has 4 rings (SSSR count). The van der Waals surface area contributed by atoms with Crippen LogP contribution in [0.15, 0.2) is 23.8 Å². The molecule has 0 radical (unpaired) electrons. The minimum Gasteiger partial charge on any atom is -0.393 e. The summed E-state index contributed by atoms with van der Waals surface area (Å²) >= 11 is 0. The van der Waals surface area contributed by atoms with Crippen molar-refractivity contribution in [3.63, 3.8) is 0 Å². The van der Waals surface area contributed by atoms with Gasteiger partial charge in [0.15, 0.2) is 5.78 Å². The van der Waals surface area contributed by atoms with E-state index in [1.54, 1.807) is 12.2 Å². The molecule has 0 saturated heterocycles. The molecule has 2 N–H and O–H groups in total. The van der Waals surface area contributed by atoms with Crippen LogP contribution in [0.4, 0.5) is 0 Å². The van der Waals surface area contributed by atoms with Crippen LogP contribution in [0.5, 0.6) is 0 Å².